The number of halogens is 2. The van der Waals surface area contributed by atoms with Crippen LogP contribution >= 0.6 is 23.4 Å². The second kappa shape index (κ2) is 8.39. The first-order valence-electron chi connectivity index (χ1n) is 6.62. The normalized spacial score (nSPS) is 10.8. The maximum atomic E-state index is 14.1. The van der Waals surface area contributed by atoms with E-state index >= 15 is 0 Å². The first-order chi connectivity index (χ1) is 10.2. The Morgan fingerprint density at radius 3 is 2.76 bits per heavy atom. The van der Waals surface area contributed by atoms with E-state index < -0.39 is 0 Å². The summed E-state index contributed by atoms with van der Waals surface area (Å²) in [7, 11) is 1.66. The summed E-state index contributed by atoms with van der Waals surface area (Å²) in [5, 5.41) is 3.86. The fraction of sp³-hybridized carbons (Fsp3) is 0.250. The van der Waals surface area contributed by atoms with Gasteiger partial charge in [0.2, 0.25) is 0 Å². The smallest absolute Gasteiger partial charge is 0.137 e. The van der Waals surface area contributed by atoms with Crippen molar-refractivity contribution < 1.29 is 9.13 Å². The largest absolute Gasteiger partial charge is 0.383 e. The molecule has 0 amide bonds. The fourth-order valence-electron chi connectivity index (χ4n) is 1.84. The summed E-state index contributed by atoms with van der Waals surface area (Å²) in [5.41, 5.74) is 0.913. The van der Waals surface area contributed by atoms with Crippen LogP contribution in [0.2, 0.25) is 5.02 Å². The van der Waals surface area contributed by atoms with E-state index in [-0.39, 0.29) is 5.82 Å². The maximum absolute atomic E-state index is 14.1. The third-order valence-electron chi connectivity index (χ3n) is 2.90. The van der Waals surface area contributed by atoms with Gasteiger partial charge in [-0.3, -0.25) is 0 Å². The monoisotopic (exact) mass is 325 g/mol. The van der Waals surface area contributed by atoms with Gasteiger partial charge < -0.3 is 10.1 Å². The van der Waals surface area contributed by atoms with Crippen molar-refractivity contribution in [1.82, 2.24) is 5.32 Å². The number of nitrogens with one attached hydrogen (secondary N) is 1. The zero-order valence-corrected chi connectivity index (χ0v) is 13.3. The standard InChI is InChI=1S/C16H17ClFNOS/c1-20-10-9-19-11-12-5-4-7-14(18)16(12)21-15-8-3-2-6-13(15)17/h2-8,19H,9-11H2,1H3. The van der Waals surface area contributed by atoms with E-state index in [9.17, 15) is 4.39 Å². The summed E-state index contributed by atoms with van der Waals surface area (Å²) in [6.45, 7) is 1.94. The Morgan fingerprint density at radius 2 is 2.00 bits per heavy atom. The van der Waals surface area contributed by atoms with Crippen molar-refractivity contribution >= 4 is 23.4 Å². The highest BCUT2D eigenvalue weighted by molar-refractivity contribution is 7.99. The van der Waals surface area contributed by atoms with Gasteiger partial charge in [-0.15, -0.1) is 0 Å². The Morgan fingerprint density at radius 1 is 1.19 bits per heavy atom. The zero-order chi connectivity index (χ0) is 15.1. The van der Waals surface area contributed by atoms with Crippen LogP contribution in [0.3, 0.4) is 0 Å². The van der Waals surface area contributed by atoms with Crippen LogP contribution in [0.15, 0.2) is 52.3 Å². The molecule has 2 aromatic rings. The van der Waals surface area contributed by atoms with E-state index in [2.05, 4.69) is 5.32 Å². The van der Waals surface area contributed by atoms with Crippen molar-refractivity contribution in [2.75, 3.05) is 20.3 Å². The molecule has 1 N–H and O–H groups in total. The van der Waals surface area contributed by atoms with Gasteiger partial charge in [-0.05, 0) is 23.8 Å². The quantitative estimate of drug-likeness (QED) is 0.764. The van der Waals surface area contributed by atoms with Crippen molar-refractivity contribution in [1.29, 1.82) is 0 Å². The van der Waals surface area contributed by atoms with E-state index in [0.29, 0.717) is 23.1 Å². The highest BCUT2D eigenvalue weighted by atomic mass is 35.5. The minimum Gasteiger partial charge on any atom is -0.383 e. The zero-order valence-electron chi connectivity index (χ0n) is 11.7. The number of hydrogen-bond acceptors (Lipinski definition) is 3. The number of methoxy groups -OCH3 is 1. The molecule has 0 fully saturated rings. The number of hydrogen-bond donors (Lipinski definition) is 1. The van der Waals surface area contributed by atoms with Gasteiger partial charge in [0.15, 0.2) is 0 Å². The number of ether oxygens (including phenoxy) is 1. The lowest BCUT2D eigenvalue weighted by Crippen LogP contribution is -2.19. The Bertz CT molecular complexity index is 594. The molecule has 0 aliphatic carbocycles. The fourth-order valence-corrected chi connectivity index (χ4v) is 3.06. The molecule has 112 valence electrons. The van der Waals surface area contributed by atoms with Crippen LogP contribution in [-0.2, 0) is 11.3 Å². The van der Waals surface area contributed by atoms with E-state index in [1.54, 1.807) is 19.2 Å². The van der Waals surface area contributed by atoms with Crippen molar-refractivity contribution in [2.45, 2.75) is 16.3 Å². The second-order valence-corrected chi connectivity index (χ2v) is 5.89. The lowest BCUT2D eigenvalue weighted by Gasteiger charge is -2.12. The van der Waals surface area contributed by atoms with Gasteiger partial charge in [-0.25, -0.2) is 4.39 Å². The van der Waals surface area contributed by atoms with Gasteiger partial charge >= 0.3 is 0 Å². The molecule has 0 aliphatic heterocycles. The van der Waals surface area contributed by atoms with Crippen molar-refractivity contribution in [3.63, 3.8) is 0 Å². The number of rotatable bonds is 7. The lowest BCUT2D eigenvalue weighted by molar-refractivity contribution is 0.199. The van der Waals surface area contributed by atoms with Crippen LogP contribution < -0.4 is 5.32 Å². The highest BCUT2D eigenvalue weighted by Gasteiger charge is 2.11. The van der Waals surface area contributed by atoms with Crippen LogP contribution in [0.5, 0.6) is 0 Å². The van der Waals surface area contributed by atoms with E-state index in [1.165, 1.54) is 17.8 Å². The minimum absolute atomic E-state index is 0.231. The van der Waals surface area contributed by atoms with Crippen LogP contribution in [0.4, 0.5) is 4.39 Å². The summed E-state index contributed by atoms with van der Waals surface area (Å²) in [5.74, 6) is -0.231. The molecule has 0 heterocycles. The molecule has 0 bridgehead atoms. The van der Waals surface area contributed by atoms with Crippen LogP contribution in [0, 0.1) is 5.82 Å². The SMILES string of the molecule is COCCNCc1cccc(F)c1Sc1ccccc1Cl. The lowest BCUT2D eigenvalue weighted by atomic mass is 10.2. The molecule has 0 radical (unpaired) electrons. The molecule has 0 saturated heterocycles. The second-order valence-electron chi connectivity index (χ2n) is 4.43. The Labute approximate surface area is 133 Å². The Kier molecular flexibility index (Phi) is 6.51. The molecule has 2 aromatic carbocycles. The average molecular weight is 326 g/mol. The Balaban J connectivity index is 2.16. The van der Waals surface area contributed by atoms with Crippen molar-refractivity contribution in [3.8, 4) is 0 Å². The predicted octanol–water partition coefficient (Wildman–Crippen LogP) is 4.37. The molecule has 0 spiro atoms. The molecule has 5 heteroatoms. The topological polar surface area (TPSA) is 21.3 Å². The first-order valence-corrected chi connectivity index (χ1v) is 7.81. The summed E-state index contributed by atoms with van der Waals surface area (Å²) in [4.78, 5) is 1.46. The van der Waals surface area contributed by atoms with Crippen molar-refractivity contribution in [2.24, 2.45) is 0 Å². The van der Waals surface area contributed by atoms with E-state index in [1.807, 2.05) is 24.3 Å². The molecule has 0 aromatic heterocycles. The van der Waals surface area contributed by atoms with Crippen LogP contribution in [-0.4, -0.2) is 20.3 Å². The molecule has 21 heavy (non-hydrogen) atoms. The van der Waals surface area contributed by atoms with Gasteiger partial charge in [0.25, 0.3) is 0 Å². The third kappa shape index (κ3) is 4.71. The molecular weight excluding hydrogens is 309 g/mol. The summed E-state index contributed by atoms with van der Waals surface area (Å²) in [6.07, 6.45) is 0. The van der Waals surface area contributed by atoms with Gasteiger partial charge in [-0.1, -0.05) is 47.6 Å². The van der Waals surface area contributed by atoms with Crippen LogP contribution in [0.1, 0.15) is 5.56 Å². The molecule has 0 unspecified atom stereocenters. The maximum Gasteiger partial charge on any atom is 0.137 e. The molecule has 0 saturated carbocycles. The minimum atomic E-state index is -0.231. The van der Waals surface area contributed by atoms with Gasteiger partial charge in [0.1, 0.15) is 5.82 Å². The summed E-state index contributed by atoms with van der Waals surface area (Å²) < 4.78 is 19.1. The van der Waals surface area contributed by atoms with Gasteiger partial charge in [0, 0.05) is 25.1 Å². The summed E-state index contributed by atoms with van der Waals surface area (Å²) >= 11 is 7.50. The van der Waals surface area contributed by atoms with E-state index in [0.717, 1.165) is 17.0 Å². The number of benzene rings is 2. The first kappa shape index (κ1) is 16.3. The molecular formula is C16H17ClFNOS. The van der Waals surface area contributed by atoms with Gasteiger partial charge in [-0.2, -0.15) is 0 Å². The van der Waals surface area contributed by atoms with Crippen molar-refractivity contribution in [3.05, 3.63) is 58.9 Å². The molecule has 0 atom stereocenters. The Hall–Kier alpha value is -1.07. The predicted molar refractivity (Wildman–Crippen MR) is 85.6 cm³/mol. The third-order valence-corrected chi connectivity index (χ3v) is 4.57. The molecule has 0 aliphatic rings. The van der Waals surface area contributed by atoms with Crippen LogP contribution in [0.25, 0.3) is 0 Å². The summed E-state index contributed by atoms with van der Waals surface area (Å²) in [6, 6.07) is 12.6. The van der Waals surface area contributed by atoms with E-state index in [4.69, 9.17) is 16.3 Å². The van der Waals surface area contributed by atoms with Gasteiger partial charge in [0.05, 0.1) is 16.5 Å². The molecule has 2 rings (SSSR count). The molecule has 2 nitrogen and oxygen atoms in total. The average Bonchev–Trinajstić information content (AvgIpc) is 2.49. The highest BCUT2D eigenvalue weighted by Crippen LogP contribution is 2.36.